The number of thioether (sulfide) groups is 1. The monoisotopic (exact) mass is 482 g/mol. The molecule has 3 aromatic carbocycles. The number of benzene rings is 3. The predicted molar refractivity (Wildman–Crippen MR) is 130 cm³/mol. The van der Waals surface area contributed by atoms with Crippen LogP contribution in [0.4, 0.5) is 10.3 Å². The van der Waals surface area contributed by atoms with Crippen molar-refractivity contribution >= 4 is 35.5 Å². The van der Waals surface area contributed by atoms with E-state index in [0.717, 1.165) is 16.7 Å². The summed E-state index contributed by atoms with van der Waals surface area (Å²) in [5.74, 6) is 7.34. The molecule has 1 aromatic heterocycles. The number of ether oxygens (including phenoxy) is 1. The zero-order valence-corrected chi connectivity index (χ0v) is 18.9. The van der Waals surface area contributed by atoms with Gasteiger partial charge in [0.2, 0.25) is 5.16 Å². The Morgan fingerprint density at radius 3 is 2.55 bits per heavy atom. The second-order valence-electron chi connectivity index (χ2n) is 6.91. The van der Waals surface area contributed by atoms with Gasteiger partial charge in [0.15, 0.2) is 0 Å². The van der Waals surface area contributed by atoms with Gasteiger partial charge in [0.25, 0.3) is 5.95 Å². The van der Waals surface area contributed by atoms with Crippen molar-refractivity contribution in [2.24, 2.45) is 5.10 Å². The van der Waals surface area contributed by atoms with Crippen LogP contribution in [0.5, 0.6) is 5.75 Å². The maximum Gasteiger partial charge on any atom is 0.264 e. The highest BCUT2D eigenvalue weighted by atomic mass is 35.5. The third kappa shape index (κ3) is 6.24. The molecule has 0 fully saturated rings. The standard InChI is InChI=1S/C23H20ClFN6OS/c24-19-9-5-16(6-10-19)14-32-21-4-2-1-3-18(21)13-27-28-22-29-30-23(31(22)26)33-15-17-7-11-20(25)12-8-17/h1-13H,14-15,26H2,(H,28,29)/b27-13+. The van der Waals surface area contributed by atoms with Crippen molar-refractivity contribution in [3.05, 3.63) is 100 Å². The van der Waals surface area contributed by atoms with Gasteiger partial charge in [-0.05, 0) is 47.5 Å². The molecular formula is C23H20ClFN6OS. The summed E-state index contributed by atoms with van der Waals surface area (Å²) in [6, 6.07) is 21.3. The summed E-state index contributed by atoms with van der Waals surface area (Å²) < 4.78 is 20.3. The van der Waals surface area contributed by atoms with Crippen molar-refractivity contribution in [1.82, 2.24) is 14.9 Å². The number of nitrogen functional groups attached to an aromatic ring is 1. The predicted octanol–water partition coefficient (Wildman–Crippen LogP) is 5.10. The zero-order chi connectivity index (χ0) is 23.0. The Bertz CT molecular complexity index is 1230. The van der Waals surface area contributed by atoms with E-state index in [9.17, 15) is 4.39 Å². The molecule has 0 aliphatic carbocycles. The van der Waals surface area contributed by atoms with Crippen LogP contribution < -0.4 is 16.0 Å². The molecule has 4 aromatic rings. The lowest BCUT2D eigenvalue weighted by molar-refractivity contribution is 0.306. The first-order valence-corrected chi connectivity index (χ1v) is 11.3. The smallest absolute Gasteiger partial charge is 0.264 e. The average Bonchev–Trinajstić information content (AvgIpc) is 3.18. The highest BCUT2D eigenvalue weighted by Gasteiger charge is 2.10. The first kappa shape index (κ1) is 22.6. The maximum absolute atomic E-state index is 13.0. The Hall–Kier alpha value is -3.56. The van der Waals surface area contributed by atoms with Gasteiger partial charge in [-0.25, -0.2) is 14.5 Å². The third-order valence-corrected chi connectivity index (χ3v) is 5.81. The molecule has 0 aliphatic rings. The van der Waals surface area contributed by atoms with Gasteiger partial charge in [-0.3, -0.25) is 0 Å². The molecule has 0 saturated carbocycles. The summed E-state index contributed by atoms with van der Waals surface area (Å²) >= 11 is 7.31. The Labute approximate surface area is 199 Å². The van der Waals surface area contributed by atoms with E-state index in [1.807, 2.05) is 48.5 Å². The van der Waals surface area contributed by atoms with Gasteiger partial charge in [-0.15, -0.1) is 10.2 Å². The normalized spacial score (nSPS) is 11.1. The number of nitrogens with zero attached hydrogens (tertiary/aromatic N) is 4. The quantitative estimate of drug-likeness (QED) is 0.149. The van der Waals surface area contributed by atoms with Crippen molar-refractivity contribution in [2.75, 3.05) is 11.3 Å². The van der Waals surface area contributed by atoms with Crippen molar-refractivity contribution in [3.8, 4) is 5.75 Å². The number of hydrogen-bond acceptors (Lipinski definition) is 7. The topological polar surface area (TPSA) is 90.3 Å². The fourth-order valence-corrected chi connectivity index (χ4v) is 3.74. The first-order chi connectivity index (χ1) is 16.1. The van der Waals surface area contributed by atoms with Crippen molar-refractivity contribution in [2.45, 2.75) is 17.5 Å². The van der Waals surface area contributed by atoms with Crippen LogP contribution in [0.3, 0.4) is 0 Å². The van der Waals surface area contributed by atoms with Crippen LogP contribution in [0.2, 0.25) is 5.02 Å². The lowest BCUT2D eigenvalue weighted by atomic mass is 10.2. The van der Waals surface area contributed by atoms with E-state index in [4.69, 9.17) is 22.2 Å². The van der Waals surface area contributed by atoms with Crippen LogP contribution in [-0.4, -0.2) is 21.1 Å². The summed E-state index contributed by atoms with van der Waals surface area (Å²) in [4.78, 5) is 0. The summed E-state index contributed by atoms with van der Waals surface area (Å²) in [6.45, 7) is 0.404. The largest absolute Gasteiger partial charge is 0.488 e. The summed E-state index contributed by atoms with van der Waals surface area (Å²) in [5.41, 5.74) is 5.54. The highest BCUT2D eigenvalue weighted by molar-refractivity contribution is 7.98. The van der Waals surface area contributed by atoms with E-state index < -0.39 is 0 Å². The number of nitrogens with two attached hydrogens (primary N) is 1. The first-order valence-electron chi connectivity index (χ1n) is 9.91. The van der Waals surface area contributed by atoms with Gasteiger partial charge in [-0.1, -0.05) is 59.8 Å². The molecule has 0 amide bonds. The minimum absolute atomic E-state index is 0.271. The Morgan fingerprint density at radius 1 is 1.03 bits per heavy atom. The molecular weight excluding hydrogens is 463 g/mol. The molecule has 10 heteroatoms. The number of hydrogen-bond donors (Lipinski definition) is 2. The van der Waals surface area contributed by atoms with E-state index >= 15 is 0 Å². The van der Waals surface area contributed by atoms with Crippen LogP contribution in [0.15, 0.2) is 83.1 Å². The molecule has 0 unspecified atom stereocenters. The van der Waals surface area contributed by atoms with Crippen LogP contribution >= 0.6 is 23.4 Å². The molecule has 0 atom stereocenters. The number of nitrogens with one attached hydrogen (secondary N) is 1. The number of para-hydroxylation sites is 1. The third-order valence-electron chi connectivity index (χ3n) is 4.54. The van der Waals surface area contributed by atoms with E-state index in [0.29, 0.717) is 28.3 Å². The fraction of sp³-hybridized carbons (Fsp3) is 0.0870. The molecule has 0 spiro atoms. The number of halogens is 2. The van der Waals surface area contributed by atoms with Crippen LogP contribution in [-0.2, 0) is 12.4 Å². The molecule has 0 saturated heterocycles. The van der Waals surface area contributed by atoms with E-state index in [1.54, 1.807) is 18.3 Å². The van der Waals surface area contributed by atoms with E-state index in [-0.39, 0.29) is 11.8 Å². The summed E-state index contributed by atoms with van der Waals surface area (Å²) in [6.07, 6.45) is 1.62. The molecule has 1 heterocycles. The average molecular weight is 483 g/mol. The lowest BCUT2D eigenvalue weighted by Gasteiger charge is -2.09. The molecule has 7 nitrogen and oxygen atoms in total. The van der Waals surface area contributed by atoms with Gasteiger partial charge >= 0.3 is 0 Å². The SMILES string of the molecule is Nn1c(N/N=C/c2ccccc2OCc2ccc(Cl)cc2)nnc1SCc1ccc(F)cc1. The minimum Gasteiger partial charge on any atom is -0.488 e. The summed E-state index contributed by atoms with van der Waals surface area (Å²) in [7, 11) is 0. The number of rotatable bonds is 9. The van der Waals surface area contributed by atoms with Gasteiger partial charge in [0, 0.05) is 16.3 Å². The number of aromatic nitrogens is 3. The summed E-state index contributed by atoms with van der Waals surface area (Å²) in [5, 5.41) is 13.5. The van der Waals surface area contributed by atoms with Gasteiger partial charge in [-0.2, -0.15) is 5.10 Å². The van der Waals surface area contributed by atoms with E-state index in [2.05, 4.69) is 20.7 Å². The lowest BCUT2D eigenvalue weighted by Crippen LogP contribution is -2.13. The molecule has 3 N–H and O–H groups in total. The number of hydrazone groups is 1. The van der Waals surface area contributed by atoms with Gasteiger partial charge < -0.3 is 10.6 Å². The van der Waals surface area contributed by atoms with Crippen LogP contribution in [0.1, 0.15) is 16.7 Å². The Morgan fingerprint density at radius 2 is 1.76 bits per heavy atom. The maximum atomic E-state index is 13.0. The second-order valence-corrected chi connectivity index (χ2v) is 8.29. The molecule has 33 heavy (non-hydrogen) atoms. The van der Waals surface area contributed by atoms with Crippen molar-refractivity contribution in [1.29, 1.82) is 0 Å². The second kappa shape index (κ2) is 10.8. The van der Waals surface area contributed by atoms with Crippen molar-refractivity contribution in [3.63, 3.8) is 0 Å². The van der Waals surface area contributed by atoms with Gasteiger partial charge in [0.1, 0.15) is 18.2 Å². The highest BCUT2D eigenvalue weighted by Crippen LogP contribution is 2.22. The molecule has 4 rings (SSSR count). The molecule has 0 bridgehead atoms. The zero-order valence-electron chi connectivity index (χ0n) is 17.4. The molecule has 168 valence electrons. The minimum atomic E-state index is -0.271. The van der Waals surface area contributed by atoms with Crippen LogP contribution in [0, 0.1) is 5.82 Å². The van der Waals surface area contributed by atoms with Gasteiger partial charge in [0.05, 0.1) is 6.21 Å². The fourth-order valence-electron chi connectivity index (χ4n) is 2.80. The molecule has 0 aliphatic heterocycles. The number of anilines is 1. The van der Waals surface area contributed by atoms with Crippen LogP contribution in [0.25, 0.3) is 0 Å². The molecule has 0 radical (unpaired) electrons. The van der Waals surface area contributed by atoms with E-state index in [1.165, 1.54) is 28.6 Å². The Balaban J connectivity index is 1.35. The Kier molecular flexibility index (Phi) is 7.43. The van der Waals surface area contributed by atoms with Crippen molar-refractivity contribution < 1.29 is 9.13 Å².